The first-order chi connectivity index (χ1) is 7.89. The fraction of sp³-hybridized carbons (Fsp3) is 0.750. The van der Waals surface area contributed by atoms with E-state index in [0.29, 0.717) is 0 Å². The Kier molecular flexibility index (Phi) is 2.28. The molecule has 10 heteroatoms. The minimum absolute atomic E-state index is 0.159. The average Bonchev–Trinajstić information content (AvgIpc) is 2.99. The number of alkyl halides is 8. The van der Waals surface area contributed by atoms with Crippen LogP contribution in [0.15, 0.2) is 11.5 Å². The molecule has 0 atom stereocenters. The molecule has 1 aliphatic heterocycles. The molecule has 0 saturated carbocycles. The highest BCUT2D eigenvalue weighted by atomic mass is 19.4. The zero-order valence-corrected chi connectivity index (χ0v) is 8.26. The van der Waals surface area contributed by atoms with Gasteiger partial charge in [0.2, 0.25) is 5.83 Å². The quantitative estimate of drug-likeness (QED) is 0.528. The van der Waals surface area contributed by atoms with E-state index in [1.807, 2.05) is 0 Å². The third-order valence-corrected chi connectivity index (χ3v) is 2.73. The number of hydrogen-bond acceptors (Lipinski definition) is 1. The molecule has 0 unspecified atom stereocenters. The third-order valence-electron chi connectivity index (χ3n) is 2.73. The van der Waals surface area contributed by atoms with Gasteiger partial charge in [0, 0.05) is 13.1 Å². The minimum atomic E-state index is -6.51. The summed E-state index contributed by atoms with van der Waals surface area (Å²) in [5.41, 5.74) is -2.36. The topological polar surface area (TPSA) is 3.01 Å². The van der Waals surface area contributed by atoms with Gasteiger partial charge in [-0.3, -0.25) is 0 Å². The molecule has 0 bridgehead atoms. The van der Waals surface area contributed by atoms with Crippen molar-refractivity contribution in [3.05, 3.63) is 11.5 Å². The summed E-state index contributed by atoms with van der Waals surface area (Å²) in [6.45, 7) is -0.758. The Hall–Kier alpha value is -1.09. The summed E-state index contributed by atoms with van der Waals surface area (Å²) in [5.74, 6) is -27.8. The van der Waals surface area contributed by atoms with Gasteiger partial charge in [-0.2, -0.15) is 35.1 Å². The lowest BCUT2D eigenvalue weighted by Gasteiger charge is -2.41. The lowest BCUT2D eigenvalue weighted by molar-refractivity contribution is -0.365. The fourth-order valence-electron chi connectivity index (χ4n) is 1.58. The predicted molar refractivity (Wildman–Crippen MR) is 39.5 cm³/mol. The van der Waals surface area contributed by atoms with Gasteiger partial charge in [0.15, 0.2) is 0 Å². The van der Waals surface area contributed by atoms with Crippen molar-refractivity contribution >= 4 is 0 Å². The lowest BCUT2D eigenvalue weighted by atomic mass is 9.88. The Morgan fingerprint density at radius 3 is 1.50 bits per heavy atom. The Labute approximate surface area is 93.8 Å². The molecular formula is C8H4F9N. The maximum absolute atomic E-state index is 13.1. The van der Waals surface area contributed by atoms with E-state index >= 15 is 0 Å². The first kappa shape index (κ1) is 13.3. The summed E-state index contributed by atoms with van der Waals surface area (Å²) in [5, 5.41) is 0. The average molecular weight is 285 g/mol. The molecule has 2 rings (SSSR count). The molecular weight excluding hydrogens is 281 g/mol. The van der Waals surface area contributed by atoms with Crippen molar-refractivity contribution in [2.45, 2.75) is 23.7 Å². The molecule has 0 radical (unpaired) electrons. The first-order valence-corrected chi connectivity index (χ1v) is 4.56. The van der Waals surface area contributed by atoms with Crippen LogP contribution in [0.5, 0.6) is 0 Å². The predicted octanol–water partition coefficient (Wildman–Crippen LogP) is 3.04. The van der Waals surface area contributed by atoms with Crippen LogP contribution in [-0.4, -0.2) is 41.7 Å². The van der Waals surface area contributed by atoms with Crippen molar-refractivity contribution in [3.8, 4) is 0 Å². The summed E-state index contributed by atoms with van der Waals surface area (Å²) in [4.78, 5) is 0.159. The molecule has 0 amide bonds. The van der Waals surface area contributed by atoms with E-state index in [1.54, 1.807) is 0 Å². The Balaban J connectivity index is 2.73. The fourth-order valence-corrected chi connectivity index (χ4v) is 1.58. The molecule has 1 nitrogen and oxygen atoms in total. The van der Waals surface area contributed by atoms with E-state index in [9.17, 15) is 39.5 Å². The summed E-state index contributed by atoms with van der Waals surface area (Å²) in [7, 11) is 0. The van der Waals surface area contributed by atoms with E-state index in [1.165, 1.54) is 0 Å². The van der Waals surface area contributed by atoms with Gasteiger partial charge in [-0.1, -0.05) is 0 Å². The number of nitrogens with zero attached hydrogens (tertiary/aromatic N) is 1. The molecule has 1 heterocycles. The van der Waals surface area contributed by atoms with Gasteiger partial charge in [-0.15, -0.1) is 0 Å². The third kappa shape index (κ3) is 1.21. The Morgan fingerprint density at radius 1 is 0.722 bits per heavy atom. The normalized spacial score (nSPS) is 31.5. The van der Waals surface area contributed by atoms with Crippen molar-refractivity contribution in [2.75, 3.05) is 13.1 Å². The molecule has 0 aromatic heterocycles. The Morgan fingerprint density at radius 2 is 1.11 bits per heavy atom. The van der Waals surface area contributed by atoms with Crippen molar-refractivity contribution in [1.82, 2.24) is 4.90 Å². The van der Waals surface area contributed by atoms with Gasteiger partial charge < -0.3 is 4.90 Å². The number of rotatable bonds is 1. The van der Waals surface area contributed by atoms with Crippen LogP contribution >= 0.6 is 0 Å². The molecule has 2 aliphatic rings. The van der Waals surface area contributed by atoms with Crippen molar-refractivity contribution in [2.24, 2.45) is 0 Å². The summed E-state index contributed by atoms with van der Waals surface area (Å²) in [6.07, 6.45) is 0. The molecule has 0 aromatic carbocycles. The van der Waals surface area contributed by atoms with Crippen LogP contribution in [0.2, 0.25) is 0 Å². The molecule has 0 spiro atoms. The highest BCUT2D eigenvalue weighted by Crippen LogP contribution is 2.62. The lowest BCUT2D eigenvalue weighted by Crippen LogP contribution is -2.67. The van der Waals surface area contributed by atoms with E-state index in [-0.39, 0.29) is 18.0 Å². The SMILES string of the molecule is FC1=C(N2CC2)C(F)(F)C(F)(F)C(F)(F)C1(F)F. The van der Waals surface area contributed by atoms with Crippen LogP contribution in [-0.2, 0) is 0 Å². The first-order valence-electron chi connectivity index (χ1n) is 4.56. The van der Waals surface area contributed by atoms with Gasteiger partial charge >= 0.3 is 23.7 Å². The smallest absolute Gasteiger partial charge is 0.364 e. The van der Waals surface area contributed by atoms with Crippen LogP contribution in [0.4, 0.5) is 39.5 Å². The van der Waals surface area contributed by atoms with Gasteiger partial charge in [0.1, 0.15) is 5.70 Å². The summed E-state index contributed by atoms with van der Waals surface area (Å²) < 4.78 is 116. The number of allylic oxidation sites excluding steroid dienone is 2. The second-order valence-corrected chi connectivity index (χ2v) is 3.95. The number of hydrogen-bond donors (Lipinski definition) is 0. The highest BCUT2D eigenvalue weighted by molar-refractivity contribution is 5.36. The van der Waals surface area contributed by atoms with Crippen molar-refractivity contribution in [3.63, 3.8) is 0 Å². The van der Waals surface area contributed by atoms with E-state index in [2.05, 4.69) is 0 Å². The van der Waals surface area contributed by atoms with Gasteiger partial charge in [-0.05, 0) is 0 Å². The summed E-state index contributed by atoms with van der Waals surface area (Å²) >= 11 is 0. The van der Waals surface area contributed by atoms with Crippen molar-refractivity contribution in [1.29, 1.82) is 0 Å². The van der Waals surface area contributed by atoms with Crippen LogP contribution in [0.25, 0.3) is 0 Å². The largest absolute Gasteiger partial charge is 0.385 e. The van der Waals surface area contributed by atoms with Crippen LogP contribution < -0.4 is 0 Å². The summed E-state index contributed by atoms with van der Waals surface area (Å²) in [6, 6.07) is 0. The van der Waals surface area contributed by atoms with Crippen LogP contribution in [0, 0.1) is 0 Å². The molecule has 1 saturated heterocycles. The van der Waals surface area contributed by atoms with E-state index in [0.717, 1.165) is 0 Å². The van der Waals surface area contributed by atoms with Crippen LogP contribution in [0.1, 0.15) is 0 Å². The Bertz CT molecular complexity index is 420. The molecule has 1 fully saturated rings. The van der Waals surface area contributed by atoms with Gasteiger partial charge in [-0.25, -0.2) is 4.39 Å². The maximum atomic E-state index is 13.1. The second-order valence-electron chi connectivity index (χ2n) is 3.95. The molecule has 0 N–H and O–H groups in total. The molecule has 1 aliphatic carbocycles. The second kappa shape index (κ2) is 3.08. The van der Waals surface area contributed by atoms with E-state index in [4.69, 9.17) is 0 Å². The molecule has 0 aromatic rings. The number of halogens is 9. The van der Waals surface area contributed by atoms with E-state index < -0.39 is 35.2 Å². The highest BCUT2D eigenvalue weighted by Gasteiger charge is 2.87. The van der Waals surface area contributed by atoms with Gasteiger partial charge in [0.05, 0.1) is 0 Å². The van der Waals surface area contributed by atoms with Gasteiger partial charge in [0.25, 0.3) is 0 Å². The standard InChI is InChI=1S/C8H4F9N/c9-3-4(18-1-2-18)6(12,13)8(16,17)7(14,15)5(3,10)11/h1-2H2. The molecule has 18 heavy (non-hydrogen) atoms. The zero-order chi connectivity index (χ0) is 14.1. The zero-order valence-electron chi connectivity index (χ0n) is 8.26. The van der Waals surface area contributed by atoms with Crippen molar-refractivity contribution < 1.29 is 39.5 Å². The van der Waals surface area contributed by atoms with Crippen LogP contribution in [0.3, 0.4) is 0 Å². The minimum Gasteiger partial charge on any atom is -0.364 e. The maximum Gasteiger partial charge on any atom is 0.385 e. The monoisotopic (exact) mass is 285 g/mol. The molecule has 104 valence electrons.